The van der Waals surface area contributed by atoms with Crippen molar-refractivity contribution in [2.24, 2.45) is 0 Å². The van der Waals surface area contributed by atoms with Crippen molar-refractivity contribution in [3.05, 3.63) is 34.9 Å². The van der Waals surface area contributed by atoms with Crippen LogP contribution >= 0.6 is 0 Å². The van der Waals surface area contributed by atoms with Crippen LogP contribution in [0, 0.1) is 23.0 Å². The van der Waals surface area contributed by atoms with E-state index in [9.17, 15) is 13.6 Å². The number of esters is 1. The predicted octanol–water partition coefficient (Wildman–Crippen LogP) is 1.55. The molecule has 0 aliphatic heterocycles. The van der Waals surface area contributed by atoms with Crippen molar-refractivity contribution in [1.82, 2.24) is 0 Å². The predicted molar refractivity (Wildman–Crippen MR) is 46.8 cm³/mol. The molecule has 0 radical (unpaired) electrons. The van der Waals surface area contributed by atoms with Crippen LogP contribution in [-0.2, 0) is 16.0 Å². The first-order valence-electron chi connectivity index (χ1n) is 4.04. The average molecular weight is 211 g/mol. The van der Waals surface area contributed by atoms with Crippen LogP contribution < -0.4 is 0 Å². The van der Waals surface area contributed by atoms with E-state index in [1.807, 2.05) is 0 Å². The van der Waals surface area contributed by atoms with Gasteiger partial charge in [-0.1, -0.05) is 0 Å². The molecule has 5 heteroatoms. The fourth-order valence-electron chi connectivity index (χ4n) is 1.10. The first-order valence-corrected chi connectivity index (χ1v) is 4.04. The van der Waals surface area contributed by atoms with Gasteiger partial charge in [-0.2, -0.15) is 5.26 Å². The van der Waals surface area contributed by atoms with Gasteiger partial charge in [0.05, 0.1) is 19.1 Å². The first kappa shape index (κ1) is 11.1. The van der Waals surface area contributed by atoms with Gasteiger partial charge >= 0.3 is 5.97 Å². The maximum absolute atomic E-state index is 13.2. The second-order valence-electron chi connectivity index (χ2n) is 2.75. The zero-order chi connectivity index (χ0) is 11.4. The fraction of sp³-hybridized carbons (Fsp3) is 0.200. The summed E-state index contributed by atoms with van der Waals surface area (Å²) in [6.07, 6.45) is -0.455. The van der Waals surface area contributed by atoms with Gasteiger partial charge < -0.3 is 4.74 Å². The Balaban J connectivity index is 3.21. The Hall–Kier alpha value is -1.96. The lowest BCUT2D eigenvalue weighted by Gasteiger charge is -2.04. The molecule has 0 heterocycles. The number of methoxy groups -OCH3 is 1. The molecule has 1 rings (SSSR count). The molecular weight excluding hydrogens is 204 g/mol. The highest BCUT2D eigenvalue weighted by Gasteiger charge is 2.16. The second kappa shape index (κ2) is 4.51. The summed E-state index contributed by atoms with van der Waals surface area (Å²) in [4.78, 5) is 10.9. The highest BCUT2D eigenvalue weighted by molar-refractivity contribution is 5.73. The quantitative estimate of drug-likeness (QED) is 0.697. The van der Waals surface area contributed by atoms with Gasteiger partial charge in [0.25, 0.3) is 0 Å². The number of hydrogen-bond acceptors (Lipinski definition) is 3. The zero-order valence-corrected chi connectivity index (χ0v) is 7.88. The summed E-state index contributed by atoms with van der Waals surface area (Å²) in [7, 11) is 1.13. The van der Waals surface area contributed by atoms with Gasteiger partial charge in [0, 0.05) is 5.56 Å². The fourth-order valence-corrected chi connectivity index (χ4v) is 1.10. The Bertz CT molecular complexity index is 438. The third-order valence-corrected chi connectivity index (χ3v) is 1.87. The summed E-state index contributed by atoms with van der Waals surface area (Å²) < 4.78 is 30.5. The molecule has 0 aliphatic rings. The van der Waals surface area contributed by atoms with Crippen molar-refractivity contribution < 1.29 is 18.3 Å². The Morgan fingerprint density at radius 3 is 2.60 bits per heavy atom. The molecule has 0 unspecified atom stereocenters. The Kier molecular flexibility index (Phi) is 3.34. The van der Waals surface area contributed by atoms with Gasteiger partial charge in [-0.25, -0.2) is 8.78 Å². The molecule has 0 aromatic heterocycles. The second-order valence-corrected chi connectivity index (χ2v) is 2.75. The lowest BCUT2D eigenvalue weighted by atomic mass is 10.0. The van der Waals surface area contributed by atoms with E-state index in [0.29, 0.717) is 0 Å². The summed E-state index contributed by atoms with van der Waals surface area (Å²) in [5.41, 5.74) is -0.732. The van der Waals surface area contributed by atoms with Gasteiger partial charge in [0.2, 0.25) is 0 Å². The summed E-state index contributed by atoms with van der Waals surface area (Å²) in [5.74, 6) is -2.37. The number of hydrogen-bond donors (Lipinski definition) is 0. The van der Waals surface area contributed by atoms with E-state index in [4.69, 9.17) is 5.26 Å². The molecule has 78 valence electrons. The molecule has 0 atom stereocenters. The van der Waals surface area contributed by atoms with Crippen molar-refractivity contribution in [1.29, 1.82) is 5.26 Å². The van der Waals surface area contributed by atoms with Gasteiger partial charge in [-0.3, -0.25) is 4.79 Å². The molecule has 0 spiro atoms. The van der Waals surface area contributed by atoms with Crippen molar-refractivity contribution in [2.75, 3.05) is 7.11 Å². The molecule has 0 bridgehead atoms. The third kappa shape index (κ3) is 2.29. The number of nitrogens with zero attached hydrogens (tertiary/aromatic N) is 1. The van der Waals surface area contributed by atoms with Gasteiger partial charge in [0.1, 0.15) is 17.7 Å². The van der Waals surface area contributed by atoms with E-state index in [-0.39, 0.29) is 5.56 Å². The number of rotatable bonds is 2. The smallest absolute Gasteiger partial charge is 0.310 e. The lowest BCUT2D eigenvalue weighted by molar-refractivity contribution is -0.139. The van der Waals surface area contributed by atoms with E-state index in [0.717, 1.165) is 19.2 Å². The number of carbonyl (C=O) groups is 1. The summed E-state index contributed by atoms with van der Waals surface area (Å²) in [6.45, 7) is 0. The summed E-state index contributed by atoms with van der Waals surface area (Å²) in [6, 6.07) is 3.22. The molecule has 0 amide bonds. The van der Waals surface area contributed by atoms with Gasteiger partial charge in [-0.05, 0) is 12.1 Å². The maximum Gasteiger partial charge on any atom is 0.310 e. The van der Waals surface area contributed by atoms with Crippen molar-refractivity contribution >= 4 is 5.97 Å². The van der Waals surface area contributed by atoms with Crippen molar-refractivity contribution in [3.63, 3.8) is 0 Å². The molecule has 1 aromatic carbocycles. The molecule has 3 nitrogen and oxygen atoms in total. The molecule has 0 saturated carbocycles. The molecule has 0 N–H and O–H groups in total. The van der Waals surface area contributed by atoms with Crippen LogP contribution in [0.3, 0.4) is 0 Å². The van der Waals surface area contributed by atoms with Crippen LogP contribution in [0.25, 0.3) is 0 Å². The molecule has 15 heavy (non-hydrogen) atoms. The van der Waals surface area contributed by atoms with E-state index < -0.39 is 29.6 Å². The number of halogens is 2. The van der Waals surface area contributed by atoms with E-state index in [1.165, 1.54) is 6.07 Å². The van der Waals surface area contributed by atoms with Crippen LogP contribution in [0.15, 0.2) is 12.1 Å². The number of ether oxygens (including phenoxy) is 1. The number of carbonyl (C=O) groups excluding carboxylic acids is 1. The number of benzene rings is 1. The molecular formula is C10H7F2NO2. The Labute approximate surface area is 84.9 Å². The van der Waals surface area contributed by atoms with Gasteiger partial charge in [-0.15, -0.1) is 0 Å². The zero-order valence-electron chi connectivity index (χ0n) is 7.88. The summed E-state index contributed by atoms with van der Waals surface area (Å²) >= 11 is 0. The van der Waals surface area contributed by atoms with Crippen LogP contribution in [0.2, 0.25) is 0 Å². The normalized spacial score (nSPS) is 9.47. The third-order valence-electron chi connectivity index (χ3n) is 1.87. The average Bonchev–Trinajstić information content (AvgIpc) is 2.23. The minimum Gasteiger partial charge on any atom is -0.469 e. The van der Waals surface area contributed by atoms with Crippen LogP contribution in [0.4, 0.5) is 8.78 Å². The molecule has 0 saturated heterocycles. The van der Waals surface area contributed by atoms with Crippen molar-refractivity contribution in [3.8, 4) is 6.07 Å². The Morgan fingerprint density at radius 2 is 2.07 bits per heavy atom. The molecule has 0 fully saturated rings. The first-order chi connectivity index (χ1) is 7.10. The lowest BCUT2D eigenvalue weighted by Crippen LogP contribution is -2.09. The van der Waals surface area contributed by atoms with Crippen LogP contribution in [0.1, 0.15) is 11.1 Å². The monoisotopic (exact) mass is 211 g/mol. The largest absolute Gasteiger partial charge is 0.469 e. The number of nitriles is 1. The van der Waals surface area contributed by atoms with Gasteiger partial charge in [0.15, 0.2) is 0 Å². The molecule has 0 aliphatic carbocycles. The van der Waals surface area contributed by atoms with Crippen molar-refractivity contribution in [2.45, 2.75) is 6.42 Å². The van der Waals surface area contributed by atoms with E-state index in [2.05, 4.69) is 4.74 Å². The topological polar surface area (TPSA) is 50.1 Å². The van der Waals surface area contributed by atoms with E-state index >= 15 is 0 Å². The highest BCUT2D eigenvalue weighted by Crippen LogP contribution is 2.17. The minimum absolute atomic E-state index is 0.274. The minimum atomic E-state index is -0.849. The highest BCUT2D eigenvalue weighted by atomic mass is 19.1. The SMILES string of the molecule is COC(=O)Cc1c(F)ccc(F)c1C#N. The maximum atomic E-state index is 13.2. The molecule has 1 aromatic rings. The Morgan fingerprint density at radius 1 is 1.47 bits per heavy atom. The van der Waals surface area contributed by atoms with Crippen LogP contribution in [0.5, 0.6) is 0 Å². The summed E-state index contributed by atoms with van der Waals surface area (Å²) in [5, 5.41) is 8.60. The van der Waals surface area contributed by atoms with E-state index in [1.54, 1.807) is 0 Å². The standard InChI is InChI=1S/C10H7F2NO2/c1-15-10(14)4-6-7(5-13)9(12)3-2-8(6)11/h2-3H,4H2,1H3. The van der Waals surface area contributed by atoms with Crippen LogP contribution in [-0.4, -0.2) is 13.1 Å².